The van der Waals surface area contributed by atoms with Gasteiger partial charge in [-0.1, -0.05) is 6.42 Å². The average Bonchev–Trinajstić information content (AvgIpc) is 2.65. The van der Waals surface area contributed by atoms with Crippen LogP contribution in [0.25, 0.3) is 0 Å². The zero-order valence-corrected chi connectivity index (χ0v) is 12.3. The van der Waals surface area contributed by atoms with E-state index in [1.54, 1.807) is 0 Å². The molecule has 1 heterocycles. The molecule has 1 N–H and O–H groups in total. The first-order valence-electron chi connectivity index (χ1n) is 7.04. The zero-order valence-electron chi connectivity index (χ0n) is 11.4. The molecule has 2 aliphatic rings. The first kappa shape index (κ1) is 14.2. The number of rotatable bonds is 6. The number of hydrogen-bond donors (Lipinski definition) is 1. The molecular weight excluding hydrogens is 244 g/mol. The van der Waals surface area contributed by atoms with Crippen LogP contribution in [-0.2, 0) is 4.74 Å². The van der Waals surface area contributed by atoms with Crippen molar-refractivity contribution < 1.29 is 4.74 Å². The second kappa shape index (κ2) is 6.27. The number of ether oxygens (including phenoxy) is 1. The van der Waals surface area contributed by atoms with Gasteiger partial charge in [0.05, 0.1) is 24.5 Å². The minimum absolute atomic E-state index is 0.259. The maximum atomic E-state index is 9.56. The fourth-order valence-corrected chi connectivity index (χ4v) is 4.18. The van der Waals surface area contributed by atoms with Crippen molar-refractivity contribution in [3.63, 3.8) is 0 Å². The van der Waals surface area contributed by atoms with Crippen LogP contribution in [-0.4, -0.2) is 35.8 Å². The van der Waals surface area contributed by atoms with E-state index in [-0.39, 0.29) is 5.54 Å². The van der Waals surface area contributed by atoms with Crippen LogP contribution in [0.5, 0.6) is 0 Å². The van der Waals surface area contributed by atoms with Crippen LogP contribution < -0.4 is 5.32 Å². The summed E-state index contributed by atoms with van der Waals surface area (Å²) < 4.78 is 5.19. The third-order valence-electron chi connectivity index (χ3n) is 3.99. The summed E-state index contributed by atoms with van der Waals surface area (Å²) in [6.07, 6.45) is 4.57. The third kappa shape index (κ3) is 3.20. The molecule has 2 rings (SSSR count). The molecule has 1 aliphatic heterocycles. The van der Waals surface area contributed by atoms with Crippen molar-refractivity contribution in [3.8, 4) is 6.07 Å². The van der Waals surface area contributed by atoms with Crippen LogP contribution in [0.3, 0.4) is 0 Å². The Bertz CT molecular complexity index is 311. The van der Waals surface area contributed by atoms with Gasteiger partial charge in [-0.05, 0) is 44.8 Å². The number of nitrogens with zero attached hydrogens (tertiary/aromatic N) is 1. The Morgan fingerprint density at radius 3 is 2.83 bits per heavy atom. The van der Waals surface area contributed by atoms with Crippen molar-refractivity contribution >= 4 is 11.8 Å². The molecule has 0 aromatic rings. The lowest BCUT2D eigenvalue weighted by Crippen LogP contribution is -2.50. The molecule has 1 saturated carbocycles. The summed E-state index contributed by atoms with van der Waals surface area (Å²) in [4.78, 5) is 0. The summed E-state index contributed by atoms with van der Waals surface area (Å²) in [6, 6.07) is 2.97. The van der Waals surface area contributed by atoms with Gasteiger partial charge in [-0.3, -0.25) is 5.32 Å². The van der Waals surface area contributed by atoms with Gasteiger partial charge in [-0.25, -0.2) is 0 Å². The Kier molecular flexibility index (Phi) is 4.94. The molecule has 0 aromatic carbocycles. The van der Waals surface area contributed by atoms with Gasteiger partial charge >= 0.3 is 0 Å². The highest BCUT2D eigenvalue weighted by Crippen LogP contribution is 2.39. The third-order valence-corrected chi connectivity index (χ3v) is 5.21. The van der Waals surface area contributed by atoms with E-state index in [1.807, 2.05) is 11.8 Å². The van der Waals surface area contributed by atoms with E-state index < -0.39 is 0 Å². The molecule has 4 heteroatoms. The minimum atomic E-state index is -0.259. The first-order chi connectivity index (χ1) is 8.66. The summed E-state index contributed by atoms with van der Waals surface area (Å²) in [7, 11) is 0. The highest BCUT2D eigenvalue weighted by molar-refractivity contribution is 8.00. The highest BCUT2D eigenvalue weighted by Gasteiger charge is 2.43. The van der Waals surface area contributed by atoms with Gasteiger partial charge in [0.15, 0.2) is 0 Å². The molecule has 1 aliphatic carbocycles. The lowest BCUT2D eigenvalue weighted by molar-refractivity contribution is 0.0455. The molecule has 2 atom stereocenters. The van der Waals surface area contributed by atoms with Crippen molar-refractivity contribution in [2.75, 3.05) is 19.0 Å². The molecule has 3 nitrogen and oxygen atoms in total. The van der Waals surface area contributed by atoms with Gasteiger partial charge in [0.2, 0.25) is 0 Å². The topological polar surface area (TPSA) is 45.0 Å². The smallest absolute Gasteiger partial charge is 0.109 e. The molecule has 2 fully saturated rings. The summed E-state index contributed by atoms with van der Waals surface area (Å²) in [5.41, 5.74) is -0.259. The molecule has 102 valence electrons. The molecule has 0 amide bonds. The zero-order chi connectivity index (χ0) is 13.0. The highest BCUT2D eigenvalue weighted by atomic mass is 32.2. The molecule has 0 spiro atoms. The Balaban J connectivity index is 1.82. The second-order valence-electron chi connectivity index (χ2n) is 5.79. The maximum Gasteiger partial charge on any atom is 0.109 e. The molecular formula is C14H24N2OS. The van der Waals surface area contributed by atoms with Crippen LogP contribution in [0.1, 0.15) is 39.5 Å². The SMILES string of the molecule is CC(C)NC1(C#N)CCCC1CCSC1COC1. The van der Waals surface area contributed by atoms with Crippen molar-refractivity contribution in [1.29, 1.82) is 5.26 Å². The fraction of sp³-hybridized carbons (Fsp3) is 0.929. The van der Waals surface area contributed by atoms with Gasteiger partial charge in [-0.2, -0.15) is 17.0 Å². The number of nitriles is 1. The number of hydrogen-bond acceptors (Lipinski definition) is 4. The Morgan fingerprint density at radius 1 is 1.50 bits per heavy atom. The second-order valence-corrected chi connectivity index (χ2v) is 7.20. The monoisotopic (exact) mass is 268 g/mol. The van der Waals surface area contributed by atoms with Crippen LogP contribution in [0, 0.1) is 17.2 Å². The first-order valence-corrected chi connectivity index (χ1v) is 8.09. The number of thioether (sulfide) groups is 1. The predicted molar refractivity (Wildman–Crippen MR) is 75.6 cm³/mol. The lowest BCUT2D eigenvalue weighted by Gasteiger charge is -2.32. The predicted octanol–water partition coefficient (Wildman–Crippen LogP) is 2.57. The van der Waals surface area contributed by atoms with Crippen LogP contribution in [0.4, 0.5) is 0 Å². The Morgan fingerprint density at radius 2 is 2.28 bits per heavy atom. The minimum Gasteiger partial charge on any atom is -0.379 e. The Labute approximate surface area is 115 Å². The summed E-state index contributed by atoms with van der Waals surface area (Å²) in [6.45, 7) is 6.11. The van der Waals surface area contributed by atoms with E-state index in [9.17, 15) is 5.26 Å². The fourth-order valence-electron chi connectivity index (χ4n) is 3.04. The summed E-state index contributed by atoms with van der Waals surface area (Å²) >= 11 is 2.02. The van der Waals surface area contributed by atoms with Crippen molar-refractivity contribution in [2.45, 2.75) is 56.4 Å². The van der Waals surface area contributed by atoms with Gasteiger partial charge in [-0.15, -0.1) is 0 Å². The van der Waals surface area contributed by atoms with E-state index in [1.165, 1.54) is 18.6 Å². The standard InChI is InChI=1S/C14H24N2OS/c1-11(2)16-14(10-15)6-3-4-12(14)5-7-18-13-8-17-9-13/h11-13,16H,3-9H2,1-2H3. The van der Waals surface area contributed by atoms with E-state index in [2.05, 4.69) is 25.2 Å². The summed E-state index contributed by atoms with van der Waals surface area (Å²) in [5.74, 6) is 1.69. The van der Waals surface area contributed by atoms with E-state index in [0.717, 1.165) is 26.1 Å². The van der Waals surface area contributed by atoms with Gasteiger partial charge in [0.1, 0.15) is 5.54 Å². The summed E-state index contributed by atoms with van der Waals surface area (Å²) in [5, 5.41) is 13.8. The normalized spacial score (nSPS) is 32.4. The molecule has 18 heavy (non-hydrogen) atoms. The van der Waals surface area contributed by atoms with Crippen LogP contribution in [0.15, 0.2) is 0 Å². The van der Waals surface area contributed by atoms with Crippen molar-refractivity contribution in [2.24, 2.45) is 5.92 Å². The maximum absolute atomic E-state index is 9.56. The van der Waals surface area contributed by atoms with Crippen molar-refractivity contribution in [1.82, 2.24) is 5.32 Å². The van der Waals surface area contributed by atoms with E-state index in [0.29, 0.717) is 17.2 Å². The molecule has 1 saturated heterocycles. The van der Waals surface area contributed by atoms with Crippen LogP contribution in [0.2, 0.25) is 0 Å². The molecule has 0 bridgehead atoms. The largest absolute Gasteiger partial charge is 0.379 e. The Hall–Kier alpha value is -0.240. The van der Waals surface area contributed by atoms with E-state index >= 15 is 0 Å². The molecule has 2 unspecified atom stereocenters. The quantitative estimate of drug-likeness (QED) is 0.804. The lowest BCUT2D eigenvalue weighted by atomic mass is 9.86. The van der Waals surface area contributed by atoms with Gasteiger partial charge < -0.3 is 4.74 Å². The molecule has 0 aromatic heterocycles. The van der Waals surface area contributed by atoms with Gasteiger partial charge in [0, 0.05) is 6.04 Å². The van der Waals surface area contributed by atoms with Gasteiger partial charge in [0.25, 0.3) is 0 Å². The van der Waals surface area contributed by atoms with Crippen molar-refractivity contribution in [3.05, 3.63) is 0 Å². The van der Waals surface area contributed by atoms with E-state index in [4.69, 9.17) is 4.74 Å². The average molecular weight is 268 g/mol. The molecule has 0 radical (unpaired) electrons. The number of nitrogens with one attached hydrogen (secondary N) is 1. The van der Waals surface area contributed by atoms with Crippen LogP contribution >= 0.6 is 11.8 Å².